The molecule has 0 saturated carbocycles. The van der Waals surface area contributed by atoms with Gasteiger partial charge in [0.25, 0.3) is 11.5 Å². The molecule has 4 aromatic rings. The third kappa shape index (κ3) is 4.52. The molecule has 0 unspecified atom stereocenters. The Balaban J connectivity index is 1.76. The van der Waals surface area contributed by atoms with E-state index in [0.29, 0.717) is 22.4 Å². The van der Waals surface area contributed by atoms with Crippen molar-refractivity contribution in [3.8, 4) is 22.7 Å². The fourth-order valence-corrected chi connectivity index (χ4v) is 6.72. The molecule has 232 valence electrons. The number of para-hydroxylation sites is 1. The van der Waals surface area contributed by atoms with E-state index in [0.717, 1.165) is 5.56 Å². The number of phenolic OH excluding ortho intramolecular Hbond substituents is 1. The molecule has 3 N–H and O–H groups in total. The summed E-state index contributed by atoms with van der Waals surface area (Å²) in [6.07, 6.45) is 1.21. The van der Waals surface area contributed by atoms with Crippen molar-refractivity contribution in [3.63, 3.8) is 0 Å². The highest BCUT2D eigenvalue weighted by molar-refractivity contribution is 6.34. The minimum Gasteiger partial charge on any atom is -0.507 e. The molecule has 0 spiro atoms. The maximum Gasteiger partial charge on any atom is 0.283 e. The minimum atomic E-state index is -0.803. The summed E-state index contributed by atoms with van der Waals surface area (Å²) >= 11 is 6.81. The number of halogens is 2. The Morgan fingerprint density at radius 2 is 1.87 bits per heavy atom. The van der Waals surface area contributed by atoms with E-state index >= 15 is 4.39 Å². The lowest BCUT2D eigenvalue weighted by molar-refractivity contribution is -0.130. The van der Waals surface area contributed by atoms with Crippen LogP contribution in [0.25, 0.3) is 28.0 Å². The summed E-state index contributed by atoms with van der Waals surface area (Å²) in [7, 11) is 1.52. The summed E-state index contributed by atoms with van der Waals surface area (Å²) in [5.41, 5.74) is 7.73. The van der Waals surface area contributed by atoms with Gasteiger partial charge in [0.1, 0.15) is 23.3 Å². The quantitative estimate of drug-likeness (QED) is 0.245. The molecule has 2 aliphatic rings. The third-order valence-corrected chi connectivity index (χ3v) is 8.95. The molecule has 2 atom stereocenters. The molecule has 1 saturated heterocycles. The number of pyridine rings is 2. The monoisotopic (exact) mass is 630 g/mol. The van der Waals surface area contributed by atoms with Crippen LogP contribution in [0.2, 0.25) is 5.02 Å². The van der Waals surface area contributed by atoms with Crippen LogP contribution in [0.4, 0.5) is 21.5 Å². The number of carbonyl (C=O) groups excluding carboxylic acids is 2. The van der Waals surface area contributed by atoms with Crippen LogP contribution in [0.15, 0.2) is 59.9 Å². The molecule has 0 aliphatic carbocycles. The fraction of sp³-hybridized carbons (Fsp3) is 0.273. The number of phenols is 1. The highest BCUT2D eigenvalue weighted by atomic mass is 35.5. The van der Waals surface area contributed by atoms with Crippen molar-refractivity contribution in [1.29, 1.82) is 0 Å². The van der Waals surface area contributed by atoms with Crippen molar-refractivity contribution in [2.24, 2.45) is 0 Å². The highest BCUT2D eigenvalue weighted by Crippen LogP contribution is 2.45. The first-order chi connectivity index (χ1) is 21.4. The van der Waals surface area contributed by atoms with E-state index in [1.54, 1.807) is 23.1 Å². The number of nitrogens with two attached hydrogens (primary N) is 1. The number of piperazine rings is 1. The molecule has 2 aliphatic heterocycles. The molecule has 12 heteroatoms. The second-order valence-electron chi connectivity index (χ2n) is 11.7. The number of hydrogen-bond acceptors (Lipinski definition) is 7. The molecular weight excluding hydrogens is 599 g/mol. The average Bonchev–Trinajstić information content (AvgIpc) is 2.99. The lowest BCUT2D eigenvalue weighted by Crippen LogP contribution is -2.66. The maximum absolute atomic E-state index is 15.2. The van der Waals surface area contributed by atoms with Crippen molar-refractivity contribution in [3.05, 3.63) is 81.9 Å². The van der Waals surface area contributed by atoms with Crippen LogP contribution >= 0.6 is 11.6 Å². The Kier molecular flexibility index (Phi) is 7.31. The summed E-state index contributed by atoms with van der Waals surface area (Å²) in [4.78, 5) is 50.8. The largest absolute Gasteiger partial charge is 0.507 e. The van der Waals surface area contributed by atoms with E-state index in [2.05, 4.69) is 6.58 Å². The first-order valence-corrected chi connectivity index (χ1v) is 14.9. The molecule has 2 amide bonds. The number of nitrogens with zero attached hydrogens (tertiary/aromatic N) is 5. The summed E-state index contributed by atoms with van der Waals surface area (Å²) in [6.45, 7) is 9.68. The van der Waals surface area contributed by atoms with Crippen molar-refractivity contribution in [2.45, 2.75) is 38.8 Å². The van der Waals surface area contributed by atoms with Gasteiger partial charge in [-0.2, -0.15) is 0 Å². The van der Waals surface area contributed by atoms with Crippen molar-refractivity contribution in [2.75, 3.05) is 35.7 Å². The van der Waals surface area contributed by atoms with Crippen LogP contribution < -0.4 is 21.1 Å². The maximum atomic E-state index is 15.2. The van der Waals surface area contributed by atoms with Crippen molar-refractivity contribution < 1.29 is 19.1 Å². The predicted molar refractivity (Wildman–Crippen MR) is 174 cm³/mol. The van der Waals surface area contributed by atoms with Crippen LogP contribution in [-0.4, -0.2) is 63.6 Å². The summed E-state index contributed by atoms with van der Waals surface area (Å²) in [5.74, 6) is -1.86. The zero-order chi connectivity index (χ0) is 32.5. The van der Waals surface area contributed by atoms with Gasteiger partial charge in [0.15, 0.2) is 5.65 Å². The van der Waals surface area contributed by atoms with Gasteiger partial charge in [-0.05, 0) is 48.7 Å². The molecule has 6 rings (SSSR count). The van der Waals surface area contributed by atoms with Gasteiger partial charge in [0, 0.05) is 25.0 Å². The number of likely N-dealkylation sites (N-methyl/N-ethyl adjacent to an activating group) is 1. The molecule has 4 heterocycles. The number of rotatable bonds is 4. The standard InChI is InChI=1S/C33H32ClFN6O4/c1-6-25(43)39-15-23-32(44)38(5)30-29(40(23)14-17(39)4)19-13-20(34)27(26-21(35)10-8-12-24(26)42)37-31(19)41(33(30)45)28-18(16(2)3)9-7-11-22(28)36/h6-13,16-17,23,42H,1,14-15,36H2,2-5H3/t17-,23-/m1/s1. The van der Waals surface area contributed by atoms with Gasteiger partial charge in [-0.3, -0.25) is 19.0 Å². The van der Waals surface area contributed by atoms with Gasteiger partial charge in [0.05, 0.1) is 39.9 Å². The normalized spacial score (nSPS) is 17.9. The Morgan fingerprint density at radius 1 is 1.16 bits per heavy atom. The second-order valence-corrected chi connectivity index (χ2v) is 12.1. The Hall–Kier alpha value is -4.90. The van der Waals surface area contributed by atoms with E-state index in [9.17, 15) is 19.5 Å². The first-order valence-electron chi connectivity index (χ1n) is 14.5. The van der Waals surface area contributed by atoms with E-state index in [1.165, 1.54) is 40.8 Å². The average molecular weight is 631 g/mol. The highest BCUT2D eigenvalue weighted by Gasteiger charge is 2.46. The smallest absolute Gasteiger partial charge is 0.283 e. The third-order valence-electron chi connectivity index (χ3n) is 8.66. The number of benzene rings is 2. The summed E-state index contributed by atoms with van der Waals surface area (Å²) in [5, 5.41) is 11.1. The van der Waals surface area contributed by atoms with Crippen molar-refractivity contribution in [1.82, 2.24) is 14.5 Å². The molecule has 2 aromatic heterocycles. The lowest BCUT2D eigenvalue weighted by atomic mass is 9.97. The number of hydrogen-bond donors (Lipinski definition) is 2. The number of anilines is 3. The van der Waals surface area contributed by atoms with E-state index in [-0.39, 0.29) is 70.2 Å². The molecule has 0 radical (unpaired) electrons. The zero-order valence-corrected chi connectivity index (χ0v) is 26.0. The second kappa shape index (κ2) is 10.9. The Bertz CT molecular complexity index is 1970. The first kappa shape index (κ1) is 30.1. The summed E-state index contributed by atoms with van der Waals surface area (Å²) in [6, 6.07) is 9.62. The number of aromatic nitrogens is 2. The molecule has 0 bridgehead atoms. The van der Waals surface area contributed by atoms with Gasteiger partial charge in [-0.15, -0.1) is 0 Å². The van der Waals surface area contributed by atoms with Crippen LogP contribution in [-0.2, 0) is 9.59 Å². The van der Waals surface area contributed by atoms with Crippen LogP contribution in [0.1, 0.15) is 32.3 Å². The van der Waals surface area contributed by atoms with E-state index in [1.807, 2.05) is 31.7 Å². The van der Waals surface area contributed by atoms with Crippen LogP contribution in [0.3, 0.4) is 0 Å². The van der Waals surface area contributed by atoms with Gasteiger partial charge < -0.3 is 25.5 Å². The predicted octanol–water partition coefficient (Wildman–Crippen LogP) is 4.82. The van der Waals surface area contributed by atoms with Crippen LogP contribution in [0.5, 0.6) is 5.75 Å². The van der Waals surface area contributed by atoms with Crippen LogP contribution in [0, 0.1) is 5.82 Å². The fourth-order valence-electron chi connectivity index (χ4n) is 6.47. The van der Waals surface area contributed by atoms with E-state index < -0.39 is 17.4 Å². The van der Waals surface area contributed by atoms with Gasteiger partial charge >= 0.3 is 0 Å². The molecule has 2 aromatic carbocycles. The van der Waals surface area contributed by atoms with E-state index in [4.69, 9.17) is 22.3 Å². The Morgan fingerprint density at radius 3 is 2.53 bits per heavy atom. The molecule has 1 fully saturated rings. The number of fused-ring (bicyclic) bond motifs is 5. The SMILES string of the molecule is C=CC(=O)N1C[C@@H]2C(=O)N(C)c3c(c4cc(Cl)c(-c5c(O)cccc5F)nc4n(-c4c(N)cccc4C(C)C)c3=O)N2C[C@H]1C. The Labute approximate surface area is 263 Å². The topological polar surface area (TPSA) is 125 Å². The molecule has 45 heavy (non-hydrogen) atoms. The number of carbonyl (C=O) groups is 2. The molecular formula is C33H32ClFN6O4. The number of amides is 2. The van der Waals surface area contributed by atoms with Gasteiger partial charge in [-0.25, -0.2) is 9.37 Å². The summed E-state index contributed by atoms with van der Waals surface area (Å²) < 4.78 is 16.5. The lowest BCUT2D eigenvalue weighted by Gasteiger charge is -2.49. The minimum absolute atomic E-state index is 0.0186. The molecule has 10 nitrogen and oxygen atoms in total. The zero-order valence-electron chi connectivity index (χ0n) is 25.2. The van der Waals surface area contributed by atoms with Gasteiger partial charge in [0.2, 0.25) is 5.91 Å². The van der Waals surface area contributed by atoms with Crippen molar-refractivity contribution >= 4 is 51.5 Å². The number of nitrogen functional groups attached to an aromatic ring is 1. The number of aromatic hydroxyl groups is 1. The van der Waals surface area contributed by atoms with Gasteiger partial charge in [-0.1, -0.05) is 50.2 Å².